The zero-order chi connectivity index (χ0) is 12.8. The summed E-state index contributed by atoms with van der Waals surface area (Å²) < 4.78 is 4.38. The van der Waals surface area contributed by atoms with E-state index in [1.165, 1.54) is 11.5 Å². The first-order valence-corrected chi connectivity index (χ1v) is 7.12. The Kier molecular flexibility index (Phi) is 5.85. The van der Waals surface area contributed by atoms with Gasteiger partial charge in [-0.2, -0.15) is 4.37 Å². The van der Waals surface area contributed by atoms with Gasteiger partial charge in [-0.15, -0.1) is 0 Å². The molecule has 0 aliphatic rings. The molecular formula is C12H23N3OS. The standard InChI is InChI=1S/C12H23N3OS/c1-5-10(6-2)15(7-8-16)12-13-11(9(3)4)14-17-12/h9-10,16H,5-8H2,1-4H3. The third-order valence-corrected chi connectivity index (χ3v) is 3.68. The molecule has 0 radical (unpaired) electrons. The van der Waals surface area contributed by atoms with Crippen LogP contribution in [-0.4, -0.2) is 33.7 Å². The van der Waals surface area contributed by atoms with Gasteiger partial charge < -0.3 is 10.0 Å². The van der Waals surface area contributed by atoms with E-state index in [0.717, 1.165) is 23.8 Å². The number of hydrogen-bond acceptors (Lipinski definition) is 5. The molecule has 0 aliphatic heterocycles. The summed E-state index contributed by atoms with van der Waals surface area (Å²) in [7, 11) is 0. The van der Waals surface area contributed by atoms with Crippen LogP contribution in [0.4, 0.5) is 5.13 Å². The maximum Gasteiger partial charge on any atom is 0.205 e. The molecule has 1 aromatic heterocycles. The number of rotatable bonds is 7. The molecule has 4 nitrogen and oxygen atoms in total. The van der Waals surface area contributed by atoms with E-state index >= 15 is 0 Å². The highest BCUT2D eigenvalue weighted by Gasteiger charge is 2.19. The topological polar surface area (TPSA) is 49.2 Å². The number of aromatic nitrogens is 2. The lowest BCUT2D eigenvalue weighted by Crippen LogP contribution is -2.36. The fourth-order valence-corrected chi connectivity index (χ4v) is 2.76. The van der Waals surface area contributed by atoms with Gasteiger partial charge in [0, 0.05) is 30.0 Å². The van der Waals surface area contributed by atoms with Gasteiger partial charge >= 0.3 is 0 Å². The number of anilines is 1. The smallest absolute Gasteiger partial charge is 0.205 e. The summed E-state index contributed by atoms with van der Waals surface area (Å²) >= 11 is 1.44. The molecule has 0 aliphatic carbocycles. The molecule has 98 valence electrons. The summed E-state index contributed by atoms with van der Waals surface area (Å²) in [5.41, 5.74) is 0. The summed E-state index contributed by atoms with van der Waals surface area (Å²) in [5, 5.41) is 10.1. The number of aliphatic hydroxyl groups excluding tert-OH is 1. The highest BCUT2D eigenvalue weighted by Crippen LogP contribution is 2.24. The molecule has 0 amide bonds. The highest BCUT2D eigenvalue weighted by atomic mass is 32.1. The van der Waals surface area contributed by atoms with Crippen LogP contribution < -0.4 is 4.90 Å². The lowest BCUT2D eigenvalue weighted by Gasteiger charge is -2.29. The minimum absolute atomic E-state index is 0.160. The Bertz CT molecular complexity index is 323. The van der Waals surface area contributed by atoms with Crippen molar-refractivity contribution >= 4 is 16.7 Å². The van der Waals surface area contributed by atoms with Crippen molar-refractivity contribution in [3.63, 3.8) is 0 Å². The molecule has 5 heteroatoms. The predicted octanol–water partition coefficient (Wildman–Crippen LogP) is 2.65. The first-order chi connectivity index (χ1) is 8.13. The Hall–Kier alpha value is -0.680. The molecule has 1 N–H and O–H groups in total. The van der Waals surface area contributed by atoms with Crippen LogP contribution in [0.15, 0.2) is 0 Å². The number of aliphatic hydroxyl groups is 1. The predicted molar refractivity (Wildman–Crippen MR) is 72.8 cm³/mol. The Balaban J connectivity index is 2.88. The van der Waals surface area contributed by atoms with E-state index in [4.69, 9.17) is 5.11 Å². The second-order valence-corrected chi connectivity index (χ2v) is 5.21. The monoisotopic (exact) mass is 257 g/mol. The second-order valence-electron chi connectivity index (χ2n) is 4.48. The minimum Gasteiger partial charge on any atom is -0.395 e. The van der Waals surface area contributed by atoms with Gasteiger partial charge in [0.05, 0.1) is 6.61 Å². The molecule has 0 unspecified atom stereocenters. The molecule has 0 bridgehead atoms. The summed E-state index contributed by atoms with van der Waals surface area (Å²) in [6.45, 7) is 9.33. The lowest BCUT2D eigenvalue weighted by molar-refractivity contribution is 0.296. The average Bonchev–Trinajstić information content (AvgIpc) is 2.78. The fraction of sp³-hybridized carbons (Fsp3) is 0.833. The molecule has 17 heavy (non-hydrogen) atoms. The van der Waals surface area contributed by atoms with Gasteiger partial charge in [-0.1, -0.05) is 27.7 Å². The van der Waals surface area contributed by atoms with Crippen LogP contribution in [0.1, 0.15) is 52.3 Å². The Morgan fingerprint density at radius 3 is 2.35 bits per heavy atom. The largest absolute Gasteiger partial charge is 0.395 e. The zero-order valence-electron chi connectivity index (χ0n) is 11.2. The zero-order valence-corrected chi connectivity index (χ0v) is 12.0. The van der Waals surface area contributed by atoms with Crippen LogP contribution in [0, 0.1) is 0 Å². The third kappa shape index (κ3) is 3.64. The molecule has 1 heterocycles. The van der Waals surface area contributed by atoms with Gasteiger partial charge in [0.15, 0.2) is 0 Å². The van der Waals surface area contributed by atoms with Gasteiger partial charge in [-0.3, -0.25) is 0 Å². The second kappa shape index (κ2) is 6.91. The van der Waals surface area contributed by atoms with Crippen molar-refractivity contribution in [2.45, 2.75) is 52.5 Å². The van der Waals surface area contributed by atoms with E-state index < -0.39 is 0 Å². The normalized spacial score (nSPS) is 11.5. The number of nitrogens with zero attached hydrogens (tertiary/aromatic N) is 3. The van der Waals surface area contributed by atoms with Crippen LogP contribution in [0.5, 0.6) is 0 Å². The van der Waals surface area contributed by atoms with Crippen molar-refractivity contribution in [1.82, 2.24) is 9.36 Å². The van der Waals surface area contributed by atoms with E-state index in [2.05, 4.69) is 42.0 Å². The first kappa shape index (κ1) is 14.4. The molecule has 1 rings (SSSR count). The Morgan fingerprint density at radius 2 is 1.94 bits per heavy atom. The van der Waals surface area contributed by atoms with Crippen molar-refractivity contribution < 1.29 is 5.11 Å². The molecule has 0 saturated carbocycles. The van der Waals surface area contributed by atoms with E-state index in [1.54, 1.807) is 0 Å². The number of hydrogen-bond donors (Lipinski definition) is 1. The van der Waals surface area contributed by atoms with Crippen molar-refractivity contribution in [2.24, 2.45) is 0 Å². The van der Waals surface area contributed by atoms with E-state index in [1.807, 2.05) is 0 Å². The van der Waals surface area contributed by atoms with Gasteiger partial charge in [0.2, 0.25) is 5.13 Å². The maximum absolute atomic E-state index is 9.17. The first-order valence-electron chi connectivity index (χ1n) is 6.35. The summed E-state index contributed by atoms with van der Waals surface area (Å²) in [6, 6.07) is 0.440. The van der Waals surface area contributed by atoms with Crippen LogP contribution in [-0.2, 0) is 0 Å². The highest BCUT2D eigenvalue weighted by molar-refractivity contribution is 7.09. The minimum atomic E-state index is 0.160. The maximum atomic E-state index is 9.17. The fourth-order valence-electron chi connectivity index (χ4n) is 1.85. The summed E-state index contributed by atoms with van der Waals surface area (Å²) in [6.07, 6.45) is 2.13. The van der Waals surface area contributed by atoms with Crippen LogP contribution in [0.25, 0.3) is 0 Å². The van der Waals surface area contributed by atoms with Crippen LogP contribution in [0.2, 0.25) is 0 Å². The average molecular weight is 257 g/mol. The molecule has 0 aromatic carbocycles. The van der Waals surface area contributed by atoms with Crippen LogP contribution >= 0.6 is 11.5 Å². The Morgan fingerprint density at radius 1 is 1.29 bits per heavy atom. The van der Waals surface area contributed by atoms with E-state index in [-0.39, 0.29) is 6.61 Å². The molecule has 0 atom stereocenters. The van der Waals surface area contributed by atoms with E-state index in [9.17, 15) is 0 Å². The SMILES string of the molecule is CCC(CC)N(CCO)c1nc(C(C)C)ns1. The van der Waals surface area contributed by atoms with Gasteiger partial charge in [-0.25, -0.2) is 4.98 Å². The van der Waals surface area contributed by atoms with Gasteiger partial charge in [0.25, 0.3) is 0 Å². The van der Waals surface area contributed by atoms with Crippen molar-refractivity contribution in [3.8, 4) is 0 Å². The van der Waals surface area contributed by atoms with E-state index in [0.29, 0.717) is 18.5 Å². The molecular weight excluding hydrogens is 234 g/mol. The lowest BCUT2D eigenvalue weighted by atomic mass is 10.1. The van der Waals surface area contributed by atoms with Crippen molar-refractivity contribution in [3.05, 3.63) is 5.82 Å². The summed E-state index contributed by atoms with van der Waals surface area (Å²) in [4.78, 5) is 6.75. The van der Waals surface area contributed by atoms with Crippen molar-refractivity contribution in [2.75, 3.05) is 18.1 Å². The molecule has 1 aromatic rings. The molecule has 0 spiro atoms. The molecule has 0 saturated heterocycles. The third-order valence-electron chi connectivity index (χ3n) is 2.92. The summed E-state index contributed by atoms with van der Waals surface area (Å²) in [5.74, 6) is 1.26. The van der Waals surface area contributed by atoms with Gasteiger partial charge in [-0.05, 0) is 12.8 Å². The van der Waals surface area contributed by atoms with Crippen molar-refractivity contribution in [1.29, 1.82) is 0 Å². The quantitative estimate of drug-likeness (QED) is 0.816. The van der Waals surface area contributed by atoms with Crippen LogP contribution in [0.3, 0.4) is 0 Å². The Labute approximate surface area is 108 Å². The molecule has 0 fully saturated rings. The van der Waals surface area contributed by atoms with Gasteiger partial charge in [0.1, 0.15) is 5.82 Å².